The maximum absolute atomic E-state index is 4.30. The molecule has 1 atom stereocenters. The van der Waals surface area contributed by atoms with Crippen molar-refractivity contribution in [3.8, 4) is 0 Å². The van der Waals surface area contributed by atoms with Crippen molar-refractivity contribution in [2.45, 2.75) is 32.7 Å². The molecule has 1 saturated heterocycles. The molecule has 1 fully saturated rings. The van der Waals surface area contributed by atoms with Gasteiger partial charge in [0.1, 0.15) is 5.82 Å². The van der Waals surface area contributed by atoms with Gasteiger partial charge in [-0.3, -0.25) is 4.57 Å². The Balaban J connectivity index is 2.22. The van der Waals surface area contributed by atoms with Crippen LogP contribution in [0.15, 0.2) is 0 Å². The first-order valence-corrected chi connectivity index (χ1v) is 5.74. The summed E-state index contributed by atoms with van der Waals surface area (Å²) in [5.41, 5.74) is 0. The van der Waals surface area contributed by atoms with Gasteiger partial charge in [0.15, 0.2) is 0 Å². The topological polar surface area (TPSA) is 54.8 Å². The second kappa shape index (κ2) is 4.61. The molecule has 0 saturated carbocycles. The molecule has 5 heteroatoms. The highest BCUT2D eigenvalue weighted by molar-refractivity contribution is 5.26. The molecule has 0 spiro atoms. The van der Waals surface area contributed by atoms with Gasteiger partial charge in [-0.2, -0.15) is 0 Å². The van der Waals surface area contributed by atoms with Crippen LogP contribution in [-0.4, -0.2) is 34.4 Å². The van der Waals surface area contributed by atoms with Gasteiger partial charge in [-0.1, -0.05) is 0 Å². The molecule has 15 heavy (non-hydrogen) atoms. The lowest BCUT2D eigenvalue weighted by atomic mass is 10.1. The van der Waals surface area contributed by atoms with Crippen LogP contribution < -0.4 is 10.6 Å². The smallest absolute Gasteiger partial charge is 0.224 e. The van der Waals surface area contributed by atoms with Gasteiger partial charge in [0, 0.05) is 25.6 Å². The van der Waals surface area contributed by atoms with Crippen molar-refractivity contribution in [3.05, 3.63) is 5.82 Å². The van der Waals surface area contributed by atoms with Crippen LogP contribution in [0.5, 0.6) is 0 Å². The number of hydrogen-bond acceptors (Lipinski definition) is 4. The predicted octanol–water partition coefficient (Wildman–Crippen LogP) is 0.807. The number of rotatable bonds is 4. The van der Waals surface area contributed by atoms with Crippen LogP contribution in [-0.2, 0) is 6.54 Å². The zero-order chi connectivity index (χ0) is 10.7. The molecule has 1 unspecified atom stereocenters. The molecule has 2 N–H and O–H groups in total. The van der Waals surface area contributed by atoms with Crippen molar-refractivity contribution >= 4 is 5.95 Å². The normalized spacial score (nSPS) is 20.8. The molecular formula is C10H19N5. The summed E-state index contributed by atoms with van der Waals surface area (Å²) in [4.78, 5) is 0. The summed E-state index contributed by atoms with van der Waals surface area (Å²) in [6, 6.07) is 0. The van der Waals surface area contributed by atoms with Gasteiger partial charge >= 0.3 is 0 Å². The fourth-order valence-corrected chi connectivity index (χ4v) is 2.09. The molecule has 2 heterocycles. The highest BCUT2D eigenvalue weighted by atomic mass is 15.4. The SMILES string of the molecule is CCNc1nnc(C2CCNC2)n1CC. The van der Waals surface area contributed by atoms with Crippen molar-refractivity contribution in [1.29, 1.82) is 0 Å². The van der Waals surface area contributed by atoms with E-state index < -0.39 is 0 Å². The summed E-state index contributed by atoms with van der Waals surface area (Å²) < 4.78 is 2.18. The van der Waals surface area contributed by atoms with Gasteiger partial charge in [-0.05, 0) is 26.8 Å². The zero-order valence-electron chi connectivity index (χ0n) is 9.45. The second-order valence-electron chi connectivity index (χ2n) is 3.85. The summed E-state index contributed by atoms with van der Waals surface area (Å²) in [6.07, 6.45) is 1.17. The average molecular weight is 209 g/mol. The average Bonchev–Trinajstić information content (AvgIpc) is 2.85. The van der Waals surface area contributed by atoms with Crippen LogP contribution in [0.1, 0.15) is 32.0 Å². The summed E-state index contributed by atoms with van der Waals surface area (Å²) in [7, 11) is 0. The van der Waals surface area contributed by atoms with Crippen LogP contribution >= 0.6 is 0 Å². The first-order chi connectivity index (χ1) is 7.36. The van der Waals surface area contributed by atoms with E-state index in [1.165, 1.54) is 6.42 Å². The fraction of sp³-hybridized carbons (Fsp3) is 0.800. The lowest BCUT2D eigenvalue weighted by molar-refractivity contribution is 0.622. The van der Waals surface area contributed by atoms with Crippen molar-refractivity contribution < 1.29 is 0 Å². The molecule has 2 rings (SSSR count). The minimum Gasteiger partial charge on any atom is -0.355 e. The van der Waals surface area contributed by atoms with E-state index in [1.807, 2.05) is 0 Å². The monoisotopic (exact) mass is 209 g/mol. The van der Waals surface area contributed by atoms with Crippen LogP contribution in [0.2, 0.25) is 0 Å². The quantitative estimate of drug-likeness (QED) is 0.770. The molecule has 0 aromatic carbocycles. The minimum atomic E-state index is 0.532. The predicted molar refractivity (Wildman–Crippen MR) is 60.1 cm³/mol. The highest BCUT2D eigenvalue weighted by Crippen LogP contribution is 2.22. The van der Waals surface area contributed by atoms with Gasteiger partial charge in [0.2, 0.25) is 5.95 Å². The number of nitrogens with one attached hydrogen (secondary N) is 2. The third kappa shape index (κ3) is 1.97. The van der Waals surface area contributed by atoms with Gasteiger partial charge in [0.05, 0.1) is 0 Å². The summed E-state index contributed by atoms with van der Waals surface area (Å²) in [5.74, 6) is 2.56. The molecule has 0 aliphatic carbocycles. The van der Waals surface area contributed by atoms with Crippen molar-refractivity contribution in [2.24, 2.45) is 0 Å². The van der Waals surface area contributed by atoms with Crippen LogP contribution in [0, 0.1) is 0 Å². The standard InChI is InChI=1S/C10H19N5/c1-3-12-10-14-13-9(15(10)4-2)8-5-6-11-7-8/h8,11H,3-7H2,1-2H3,(H,12,14). The van der Waals surface area contributed by atoms with Gasteiger partial charge < -0.3 is 10.6 Å². The minimum absolute atomic E-state index is 0.532. The van der Waals surface area contributed by atoms with E-state index >= 15 is 0 Å². The van der Waals surface area contributed by atoms with Crippen LogP contribution in [0.25, 0.3) is 0 Å². The molecular weight excluding hydrogens is 190 g/mol. The summed E-state index contributed by atoms with van der Waals surface area (Å²) in [6.45, 7) is 8.16. The molecule has 84 valence electrons. The van der Waals surface area contributed by atoms with E-state index in [0.29, 0.717) is 5.92 Å². The van der Waals surface area contributed by atoms with Crippen molar-refractivity contribution in [1.82, 2.24) is 20.1 Å². The maximum Gasteiger partial charge on any atom is 0.224 e. The molecule has 1 aliphatic heterocycles. The number of nitrogens with zero attached hydrogens (tertiary/aromatic N) is 3. The maximum atomic E-state index is 4.30. The van der Waals surface area contributed by atoms with Crippen LogP contribution in [0.4, 0.5) is 5.95 Å². The Bertz CT molecular complexity index is 314. The Labute approximate surface area is 90.3 Å². The number of hydrogen-bond donors (Lipinski definition) is 2. The second-order valence-corrected chi connectivity index (χ2v) is 3.85. The van der Waals surface area contributed by atoms with Gasteiger partial charge in [0.25, 0.3) is 0 Å². The Hall–Kier alpha value is -1.10. The van der Waals surface area contributed by atoms with E-state index in [2.05, 4.69) is 39.2 Å². The first-order valence-electron chi connectivity index (χ1n) is 5.74. The number of anilines is 1. The molecule has 1 aromatic heterocycles. The van der Waals surface area contributed by atoms with E-state index in [4.69, 9.17) is 0 Å². The third-order valence-corrected chi connectivity index (χ3v) is 2.86. The Kier molecular flexibility index (Phi) is 3.20. The van der Waals surface area contributed by atoms with Crippen LogP contribution in [0.3, 0.4) is 0 Å². The summed E-state index contributed by atoms with van der Waals surface area (Å²) in [5, 5.41) is 15.1. The molecule has 0 bridgehead atoms. The molecule has 5 nitrogen and oxygen atoms in total. The number of aromatic nitrogens is 3. The third-order valence-electron chi connectivity index (χ3n) is 2.86. The zero-order valence-corrected chi connectivity index (χ0v) is 9.45. The lowest BCUT2D eigenvalue weighted by Gasteiger charge is -2.11. The van der Waals surface area contributed by atoms with E-state index in [0.717, 1.165) is 38.0 Å². The Morgan fingerprint density at radius 1 is 1.47 bits per heavy atom. The molecule has 1 aromatic rings. The van der Waals surface area contributed by atoms with Crippen molar-refractivity contribution in [3.63, 3.8) is 0 Å². The van der Waals surface area contributed by atoms with Crippen molar-refractivity contribution in [2.75, 3.05) is 25.0 Å². The Morgan fingerprint density at radius 2 is 2.33 bits per heavy atom. The highest BCUT2D eigenvalue weighted by Gasteiger charge is 2.23. The largest absolute Gasteiger partial charge is 0.355 e. The summed E-state index contributed by atoms with van der Waals surface area (Å²) >= 11 is 0. The molecule has 0 amide bonds. The van der Waals surface area contributed by atoms with E-state index in [9.17, 15) is 0 Å². The van der Waals surface area contributed by atoms with Gasteiger partial charge in [-0.25, -0.2) is 0 Å². The van der Waals surface area contributed by atoms with Gasteiger partial charge in [-0.15, -0.1) is 10.2 Å². The lowest BCUT2D eigenvalue weighted by Crippen LogP contribution is -2.14. The molecule has 0 radical (unpaired) electrons. The van der Waals surface area contributed by atoms with E-state index in [-0.39, 0.29) is 0 Å². The molecule has 1 aliphatic rings. The fourth-order valence-electron chi connectivity index (χ4n) is 2.09. The first kappa shape index (κ1) is 10.4. The van der Waals surface area contributed by atoms with E-state index in [1.54, 1.807) is 0 Å². The Morgan fingerprint density at radius 3 is 2.93 bits per heavy atom.